The maximum absolute atomic E-state index is 9.07. The Morgan fingerprint density at radius 1 is 1.47 bits per heavy atom. The van der Waals surface area contributed by atoms with E-state index in [4.69, 9.17) is 22.6 Å². The molecule has 1 aliphatic rings. The van der Waals surface area contributed by atoms with Crippen LogP contribution < -0.4 is 11.1 Å². The number of nitrogens with one attached hydrogen (secondary N) is 1. The van der Waals surface area contributed by atoms with Gasteiger partial charge in [0.2, 0.25) is 0 Å². The zero-order valence-corrected chi connectivity index (χ0v) is 10.4. The molecule has 1 aliphatic carbocycles. The lowest BCUT2D eigenvalue weighted by Crippen LogP contribution is -2.29. The van der Waals surface area contributed by atoms with Gasteiger partial charge in [-0.1, -0.05) is 18.0 Å². The SMILES string of the molecule is N#Cc1cc(Cl)ccc1NC1CCCC1CN. The highest BCUT2D eigenvalue weighted by molar-refractivity contribution is 6.30. The Kier molecular flexibility index (Phi) is 3.88. The maximum Gasteiger partial charge on any atom is 0.101 e. The Bertz CT molecular complexity index is 439. The molecule has 0 bridgehead atoms. The number of benzene rings is 1. The summed E-state index contributed by atoms with van der Waals surface area (Å²) in [5.74, 6) is 0.511. The van der Waals surface area contributed by atoms with E-state index in [1.54, 1.807) is 12.1 Å². The van der Waals surface area contributed by atoms with Gasteiger partial charge in [0.05, 0.1) is 11.3 Å². The molecule has 0 amide bonds. The standard InChI is InChI=1S/C13H16ClN3/c14-11-4-5-13(10(6-11)8-16)17-12-3-1-2-9(12)7-15/h4-6,9,12,17H,1-3,7,15H2. The quantitative estimate of drug-likeness (QED) is 0.866. The van der Waals surface area contributed by atoms with E-state index in [1.165, 1.54) is 12.8 Å². The molecule has 1 aromatic carbocycles. The molecular formula is C13H16ClN3. The van der Waals surface area contributed by atoms with Crippen LogP contribution in [0.5, 0.6) is 0 Å². The first-order chi connectivity index (χ1) is 8.24. The van der Waals surface area contributed by atoms with E-state index in [-0.39, 0.29) is 0 Å². The van der Waals surface area contributed by atoms with E-state index >= 15 is 0 Å². The van der Waals surface area contributed by atoms with Crippen LogP contribution in [0.2, 0.25) is 5.02 Å². The molecule has 2 rings (SSSR count). The van der Waals surface area contributed by atoms with Crippen LogP contribution in [0.3, 0.4) is 0 Å². The number of anilines is 1. The second kappa shape index (κ2) is 5.39. The first-order valence-corrected chi connectivity index (χ1v) is 6.28. The normalized spacial score (nSPS) is 23.4. The van der Waals surface area contributed by atoms with E-state index in [1.807, 2.05) is 6.07 Å². The number of nitrogens with zero attached hydrogens (tertiary/aromatic N) is 1. The summed E-state index contributed by atoms with van der Waals surface area (Å²) in [7, 11) is 0. The minimum atomic E-state index is 0.383. The Balaban J connectivity index is 2.16. The predicted octanol–water partition coefficient (Wildman–Crippen LogP) is 2.75. The third-order valence-corrected chi connectivity index (χ3v) is 3.64. The molecular weight excluding hydrogens is 234 g/mol. The highest BCUT2D eigenvalue weighted by Gasteiger charge is 2.26. The number of rotatable bonds is 3. The molecule has 2 unspecified atom stereocenters. The Labute approximate surface area is 107 Å². The van der Waals surface area contributed by atoms with Gasteiger partial charge in [-0.2, -0.15) is 5.26 Å². The fourth-order valence-corrected chi connectivity index (χ4v) is 2.62. The number of nitrogens with two attached hydrogens (primary N) is 1. The molecule has 3 nitrogen and oxygen atoms in total. The zero-order chi connectivity index (χ0) is 12.3. The van der Waals surface area contributed by atoms with Crippen molar-refractivity contribution in [3.63, 3.8) is 0 Å². The summed E-state index contributed by atoms with van der Waals surface area (Å²) in [6.07, 6.45) is 3.49. The van der Waals surface area contributed by atoms with Gasteiger partial charge in [0, 0.05) is 11.1 Å². The fraction of sp³-hybridized carbons (Fsp3) is 0.462. The molecule has 0 spiro atoms. The van der Waals surface area contributed by atoms with Crippen LogP contribution in [0, 0.1) is 17.2 Å². The summed E-state index contributed by atoms with van der Waals surface area (Å²) >= 11 is 5.87. The summed E-state index contributed by atoms with van der Waals surface area (Å²) in [5.41, 5.74) is 7.21. The van der Waals surface area contributed by atoms with Crippen LogP contribution in [0.25, 0.3) is 0 Å². The first kappa shape index (κ1) is 12.2. The molecule has 1 fully saturated rings. The van der Waals surface area contributed by atoms with Crippen LogP contribution in [-0.4, -0.2) is 12.6 Å². The van der Waals surface area contributed by atoms with Crippen molar-refractivity contribution in [2.45, 2.75) is 25.3 Å². The molecule has 3 N–H and O–H groups in total. The lowest BCUT2D eigenvalue weighted by atomic mass is 10.0. The van der Waals surface area contributed by atoms with Gasteiger partial charge in [-0.25, -0.2) is 0 Å². The van der Waals surface area contributed by atoms with Gasteiger partial charge < -0.3 is 11.1 Å². The molecule has 0 radical (unpaired) electrons. The summed E-state index contributed by atoms with van der Waals surface area (Å²) in [5, 5.41) is 13.1. The lowest BCUT2D eigenvalue weighted by molar-refractivity contribution is 0.516. The van der Waals surface area contributed by atoms with Gasteiger partial charge in [-0.3, -0.25) is 0 Å². The van der Waals surface area contributed by atoms with Gasteiger partial charge >= 0.3 is 0 Å². The van der Waals surface area contributed by atoms with Gasteiger partial charge in [0.15, 0.2) is 0 Å². The lowest BCUT2D eigenvalue weighted by Gasteiger charge is -2.21. The molecule has 1 saturated carbocycles. The Morgan fingerprint density at radius 2 is 2.29 bits per heavy atom. The van der Waals surface area contributed by atoms with Crippen molar-refractivity contribution < 1.29 is 0 Å². The molecule has 0 saturated heterocycles. The topological polar surface area (TPSA) is 61.8 Å². The summed E-state index contributed by atoms with van der Waals surface area (Å²) in [6.45, 7) is 0.702. The second-order valence-electron chi connectivity index (χ2n) is 4.48. The minimum absolute atomic E-state index is 0.383. The number of hydrogen-bond acceptors (Lipinski definition) is 3. The van der Waals surface area contributed by atoms with Crippen molar-refractivity contribution >= 4 is 17.3 Å². The molecule has 0 aromatic heterocycles. The van der Waals surface area contributed by atoms with Crippen molar-refractivity contribution in [2.24, 2.45) is 11.7 Å². The summed E-state index contributed by atoms with van der Waals surface area (Å²) in [4.78, 5) is 0. The van der Waals surface area contributed by atoms with Gasteiger partial charge in [0.25, 0.3) is 0 Å². The molecule has 0 heterocycles. The summed E-state index contributed by atoms with van der Waals surface area (Å²) in [6, 6.07) is 7.91. The van der Waals surface area contributed by atoms with Crippen molar-refractivity contribution in [2.75, 3.05) is 11.9 Å². The largest absolute Gasteiger partial charge is 0.381 e. The number of hydrogen-bond donors (Lipinski definition) is 2. The second-order valence-corrected chi connectivity index (χ2v) is 4.92. The molecule has 2 atom stereocenters. The van der Waals surface area contributed by atoms with E-state index in [2.05, 4.69) is 11.4 Å². The molecule has 17 heavy (non-hydrogen) atoms. The van der Waals surface area contributed by atoms with Gasteiger partial charge in [-0.15, -0.1) is 0 Å². The summed E-state index contributed by atoms with van der Waals surface area (Å²) < 4.78 is 0. The average molecular weight is 250 g/mol. The fourth-order valence-electron chi connectivity index (χ4n) is 2.44. The van der Waals surface area contributed by atoms with Crippen molar-refractivity contribution in [1.82, 2.24) is 0 Å². The highest BCUT2D eigenvalue weighted by Crippen LogP contribution is 2.29. The maximum atomic E-state index is 9.07. The van der Waals surface area contributed by atoms with E-state index in [0.717, 1.165) is 12.1 Å². The Hall–Kier alpha value is -1.24. The van der Waals surface area contributed by atoms with Crippen LogP contribution in [0.4, 0.5) is 5.69 Å². The van der Waals surface area contributed by atoms with Gasteiger partial charge in [0.1, 0.15) is 6.07 Å². The third kappa shape index (κ3) is 2.71. The molecule has 4 heteroatoms. The molecule has 1 aromatic rings. The first-order valence-electron chi connectivity index (χ1n) is 5.91. The van der Waals surface area contributed by atoms with Crippen molar-refractivity contribution in [3.8, 4) is 6.07 Å². The zero-order valence-electron chi connectivity index (χ0n) is 9.62. The van der Waals surface area contributed by atoms with Crippen LogP contribution in [0.15, 0.2) is 18.2 Å². The highest BCUT2D eigenvalue weighted by atomic mass is 35.5. The third-order valence-electron chi connectivity index (χ3n) is 3.40. The number of nitriles is 1. The predicted molar refractivity (Wildman–Crippen MR) is 70.0 cm³/mol. The van der Waals surface area contributed by atoms with Crippen molar-refractivity contribution in [3.05, 3.63) is 28.8 Å². The van der Waals surface area contributed by atoms with Crippen LogP contribution in [0.1, 0.15) is 24.8 Å². The average Bonchev–Trinajstić information content (AvgIpc) is 2.78. The number of halogens is 1. The van der Waals surface area contributed by atoms with Crippen molar-refractivity contribution in [1.29, 1.82) is 5.26 Å². The minimum Gasteiger partial charge on any atom is -0.381 e. The van der Waals surface area contributed by atoms with E-state index < -0.39 is 0 Å². The smallest absolute Gasteiger partial charge is 0.101 e. The van der Waals surface area contributed by atoms with Crippen LogP contribution >= 0.6 is 11.6 Å². The molecule has 90 valence electrons. The van der Waals surface area contributed by atoms with E-state index in [9.17, 15) is 0 Å². The monoisotopic (exact) mass is 249 g/mol. The van der Waals surface area contributed by atoms with Gasteiger partial charge in [-0.05, 0) is 43.5 Å². The Morgan fingerprint density at radius 3 is 3.00 bits per heavy atom. The van der Waals surface area contributed by atoms with Crippen LogP contribution in [-0.2, 0) is 0 Å². The van der Waals surface area contributed by atoms with E-state index in [0.29, 0.717) is 29.1 Å². The molecule has 0 aliphatic heterocycles.